The van der Waals surface area contributed by atoms with Crippen molar-refractivity contribution in [3.8, 4) is 0 Å². The SMILES string of the molecule is CC(C)N(CCC(=O)O)C(=O)Nc1c(F)cccc1Cl. The van der Waals surface area contributed by atoms with Crippen molar-refractivity contribution in [2.75, 3.05) is 11.9 Å². The van der Waals surface area contributed by atoms with E-state index in [0.29, 0.717) is 0 Å². The van der Waals surface area contributed by atoms with Gasteiger partial charge < -0.3 is 15.3 Å². The van der Waals surface area contributed by atoms with E-state index in [4.69, 9.17) is 16.7 Å². The van der Waals surface area contributed by atoms with Gasteiger partial charge in [0.25, 0.3) is 0 Å². The standard InChI is InChI=1S/C13H16ClFN2O3/c1-8(2)17(7-6-11(18)19)13(20)16-12-9(14)4-3-5-10(12)15/h3-5,8H,6-7H2,1-2H3,(H,16,20)(H,18,19). The third-order valence-corrected chi connectivity index (χ3v) is 2.96. The first-order valence-electron chi connectivity index (χ1n) is 6.06. The lowest BCUT2D eigenvalue weighted by Gasteiger charge is -2.26. The second-order valence-corrected chi connectivity index (χ2v) is 4.86. The van der Waals surface area contributed by atoms with E-state index in [1.165, 1.54) is 23.1 Å². The Bertz CT molecular complexity index is 488. The second-order valence-electron chi connectivity index (χ2n) is 4.46. The van der Waals surface area contributed by atoms with E-state index >= 15 is 0 Å². The summed E-state index contributed by atoms with van der Waals surface area (Å²) >= 11 is 5.82. The smallest absolute Gasteiger partial charge is 0.322 e. The molecule has 0 saturated heterocycles. The molecule has 0 aliphatic rings. The Kier molecular flexibility index (Phi) is 5.76. The predicted molar refractivity (Wildman–Crippen MR) is 74.5 cm³/mol. The molecule has 0 atom stereocenters. The molecular formula is C13H16ClFN2O3. The normalized spacial score (nSPS) is 10.4. The number of carboxylic acids is 1. The molecule has 0 radical (unpaired) electrons. The summed E-state index contributed by atoms with van der Waals surface area (Å²) in [5.74, 6) is -1.65. The minimum absolute atomic E-state index is 0.0326. The fraction of sp³-hybridized carbons (Fsp3) is 0.385. The Hall–Kier alpha value is -1.82. The van der Waals surface area contributed by atoms with Crippen LogP contribution in [0.5, 0.6) is 0 Å². The van der Waals surface area contributed by atoms with Gasteiger partial charge in [-0.1, -0.05) is 17.7 Å². The van der Waals surface area contributed by atoms with Crippen molar-refractivity contribution >= 4 is 29.3 Å². The summed E-state index contributed by atoms with van der Waals surface area (Å²) in [7, 11) is 0. The van der Waals surface area contributed by atoms with E-state index in [-0.39, 0.29) is 29.7 Å². The molecule has 0 aliphatic carbocycles. The number of amides is 2. The van der Waals surface area contributed by atoms with Crippen LogP contribution in [-0.2, 0) is 4.79 Å². The zero-order valence-electron chi connectivity index (χ0n) is 11.2. The van der Waals surface area contributed by atoms with Crippen molar-refractivity contribution in [3.05, 3.63) is 29.0 Å². The predicted octanol–water partition coefficient (Wildman–Crippen LogP) is 3.20. The Morgan fingerprint density at radius 3 is 2.60 bits per heavy atom. The average molecular weight is 303 g/mol. The van der Waals surface area contributed by atoms with Crippen LogP contribution >= 0.6 is 11.6 Å². The van der Waals surface area contributed by atoms with Crippen molar-refractivity contribution in [1.29, 1.82) is 0 Å². The molecule has 2 amide bonds. The number of aliphatic carboxylic acids is 1. The van der Waals surface area contributed by atoms with Crippen molar-refractivity contribution in [2.24, 2.45) is 0 Å². The first kappa shape index (κ1) is 16.2. The van der Waals surface area contributed by atoms with Gasteiger partial charge in [-0.25, -0.2) is 9.18 Å². The Balaban J connectivity index is 2.83. The van der Waals surface area contributed by atoms with Gasteiger partial charge in [-0.15, -0.1) is 0 Å². The number of carboxylic acid groups (broad SMARTS) is 1. The van der Waals surface area contributed by atoms with Crippen LogP contribution in [0.2, 0.25) is 5.02 Å². The summed E-state index contributed by atoms with van der Waals surface area (Å²) in [6.07, 6.45) is -0.184. The van der Waals surface area contributed by atoms with E-state index < -0.39 is 17.8 Å². The Morgan fingerprint density at radius 2 is 2.10 bits per heavy atom. The summed E-state index contributed by atoms with van der Waals surface area (Å²) in [5.41, 5.74) is -0.111. The number of carbonyl (C=O) groups is 2. The van der Waals surface area contributed by atoms with Crippen LogP contribution in [-0.4, -0.2) is 34.6 Å². The lowest BCUT2D eigenvalue weighted by Crippen LogP contribution is -2.41. The minimum atomic E-state index is -1.01. The van der Waals surface area contributed by atoms with Gasteiger partial charge in [0, 0.05) is 12.6 Å². The van der Waals surface area contributed by atoms with Crippen LogP contribution in [0.15, 0.2) is 18.2 Å². The number of hydrogen-bond donors (Lipinski definition) is 2. The van der Waals surface area contributed by atoms with E-state index in [2.05, 4.69) is 5.32 Å². The maximum absolute atomic E-state index is 13.6. The van der Waals surface area contributed by atoms with Crippen molar-refractivity contribution < 1.29 is 19.1 Å². The molecule has 0 unspecified atom stereocenters. The molecule has 7 heteroatoms. The summed E-state index contributed by atoms with van der Waals surface area (Å²) < 4.78 is 13.6. The first-order valence-corrected chi connectivity index (χ1v) is 6.44. The Morgan fingerprint density at radius 1 is 1.45 bits per heavy atom. The van der Waals surface area contributed by atoms with Crippen molar-refractivity contribution in [1.82, 2.24) is 4.90 Å². The van der Waals surface area contributed by atoms with Gasteiger partial charge in [0.05, 0.1) is 17.1 Å². The second kappa shape index (κ2) is 7.09. The van der Waals surface area contributed by atoms with Crippen LogP contribution in [0.4, 0.5) is 14.9 Å². The average Bonchev–Trinajstić information content (AvgIpc) is 2.33. The van der Waals surface area contributed by atoms with Crippen molar-refractivity contribution in [3.63, 3.8) is 0 Å². The number of hydrogen-bond acceptors (Lipinski definition) is 2. The highest BCUT2D eigenvalue weighted by Crippen LogP contribution is 2.25. The number of benzene rings is 1. The van der Waals surface area contributed by atoms with Gasteiger partial charge in [-0.05, 0) is 26.0 Å². The number of halogens is 2. The van der Waals surface area contributed by atoms with Crippen molar-refractivity contribution in [2.45, 2.75) is 26.3 Å². The number of carbonyl (C=O) groups excluding carboxylic acids is 1. The fourth-order valence-electron chi connectivity index (χ4n) is 1.61. The number of anilines is 1. The zero-order chi connectivity index (χ0) is 15.3. The van der Waals surface area contributed by atoms with E-state index in [1.807, 2.05) is 0 Å². The molecule has 1 aromatic rings. The molecule has 0 spiro atoms. The first-order chi connectivity index (χ1) is 9.32. The highest BCUT2D eigenvalue weighted by molar-refractivity contribution is 6.33. The van der Waals surface area contributed by atoms with Crippen LogP contribution < -0.4 is 5.32 Å². The number of para-hydroxylation sites is 1. The lowest BCUT2D eigenvalue weighted by molar-refractivity contribution is -0.137. The molecule has 2 N–H and O–H groups in total. The molecule has 110 valence electrons. The third-order valence-electron chi connectivity index (χ3n) is 2.65. The maximum Gasteiger partial charge on any atom is 0.322 e. The molecule has 5 nitrogen and oxygen atoms in total. The summed E-state index contributed by atoms with van der Waals surface area (Å²) in [4.78, 5) is 23.9. The van der Waals surface area contributed by atoms with Gasteiger partial charge in [0.15, 0.2) is 0 Å². The quantitative estimate of drug-likeness (QED) is 0.877. The van der Waals surface area contributed by atoms with E-state index in [1.54, 1.807) is 13.8 Å². The molecule has 20 heavy (non-hydrogen) atoms. The topological polar surface area (TPSA) is 69.6 Å². The highest BCUT2D eigenvalue weighted by Gasteiger charge is 2.20. The maximum atomic E-state index is 13.6. The molecular weight excluding hydrogens is 287 g/mol. The van der Waals surface area contributed by atoms with E-state index in [9.17, 15) is 14.0 Å². The summed E-state index contributed by atoms with van der Waals surface area (Å²) in [5, 5.41) is 11.1. The van der Waals surface area contributed by atoms with Gasteiger partial charge in [-0.2, -0.15) is 0 Å². The molecule has 0 fully saturated rings. The minimum Gasteiger partial charge on any atom is -0.481 e. The van der Waals surface area contributed by atoms with E-state index in [0.717, 1.165) is 0 Å². The molecule has 1 aromatic carbocycles. The van der Waals surface area contributed by atoms with Gasteiger partial charge in [0.1, 0.15) is 5.82 Å². The summed E-state index contributed by atoms with van der Waals surface area (Å²) in [6.45, 7) is 3.51. The molecule has 0 heterocycles. The molecule has 0 saturated carbocycles. The Labute approximate surface area is 121 Å². The third kappa shape index (κ3) is 4.38. The van der Waals surface area contributed by atoms with Crippen LogP contribution in [0.3, 0.4) is 0 Å². The lowest BCUT2D eigenvalue weighted by atomic mass is 10.3. The molecule has 0 aliphatic heterocycles. The highest BCUT2D eigenvalue weighted by atomic mass is 35.5. The van der Waals surface area contributed by atoms with Crippen LogP contribution in [0.25, 0.3) is 0 Å². The number of urea groups is 1. The monoisotopic (exact) mass is 302 g/mol. The fourth-order valence-corrected chi connectivity index (χ4v) is 1.82. The largest absolute Gasteiger partial charge is 0.481 e. The van der Waals surface area contributed by atoms with Gasteiger partial charge >= 0.3 is 12.0 Å². The summed E-state index contributed by atoms with van der Waals surface area (Å²) in [6, 6.07) is 3.25. The van der Waals surface area contributed by atoms with Gasteiger partial charge in [-0.3, -0.25) is 4.79 Å². The van der Waals surface area contributed by atoms with Gasteiger partial charge in [0.2, 0.25) is 0 Å². The zero-order valence-corrected chi connectivity index (χ0v) is 11.9. The number of nitrogens with zero attached hydrogens (tertiary/aromatic N) is 1. The van der Waals surface area contributed by atoms with Crippen LogP contribution in [0.1, 0.15) is 20.3 Å². The number of rotatable bonds is 5. The molecule has 0 bridgehead atoms. The molecule has 1 rings (SSSR count). The number of nitrogens with one attached hydrogen (secondary N) is 1. The van der Waals surface area contributed by atoms with Crippen LogP contribution in [0, 0.1) is 5.82 Å². The molecule has 0 aromatic heterocycles.